The first kappa shape index (κ1) is 19.6. The van der Waals surface area contributed by atoms with Crippen molar-refractivity contribution in [1.82, 2.24) is 10.2 Å². The smallest absolute Gasteiger partial charge is 0.261 e. The molecule has 7 nitrogen and oxygen atoms in total. The summed E-state index contributed by atoms with van der Waals surface area (Å²) in [5.74, 6) is -0.856. The van der Waals surface area contributed by atoms with Crippen molar-refractivity contribution in [3.8, 4) is 11.3 Å². The number of H-pyrrole nitrogens is 1. The molecule has 0 spiro atoms. The lowest BCUT2D eigenvalue weighted by Gasteiger charge is -2.10. The third-order valence-electron chi connectivity index (χ3n) is 4.41. The molecule has 0 saturated heterocycles. The normalized spacial score (nSPS) is 11.4. The van der Waals surface area contributed by atoms with Crippen molar-refractivity contribution in [3.05, 3.63) is 72.5 Å². The highest BCUT2D eigenvalue weighted by molar-refractivity contribution is 7.92. The Morgan fingerprint density at radius 3 is 2.60 bits per heavy atom. The second-order valence-corrected chi connectivity index (χ2v) is 8.30. The number of carbonyl (C=O) groups is 1. The predicted molar refractivity (Wildman–Crippen MR) is 113 cm³/mol. The number of nitrogens with one attached hydrogen (secondary N) is 3. The largest absolute Gasteiger partial charge is 0.326 e. The molecule has 0 aliphatic rings. The highest BCUT2D eigenvalue weighted by Crippen LogP contribution is 2.33. The maximum absolute atomic E-state index is 13.4. The summed E-state index contributed by atoms with van der Waals surface area (Å²) in [6.07, 6.45) is 0. The molecule has 4 rings (SSSR count). The van der Waals surface area contributed by atoms with Crippen molar-refractivity contribution in [2.24, 2.45) is 0 Å². The lowest BCUT2D eigenvalue weighted by Crippen LogP contribution is -2.13. The van der Waals surface area contributed by atoms with Gasteiger partial charge in [0.2, 0.25) is 5.91 Å². The minimum Gasteiger partial charge on any atom is -0.326 e. The van der Waals surface area contributed by atoms with Gasteiger partial charge in [-0.25, -0.2) is 12.8 Å². The van der Waals surface area contributed by atoms with Crippen LogP contribution < -0.4 is 10.0 Å². The van der Waals surface area contributed by atoms with E-state index < -0.39 is 15.8 Å². The molecular formula is C21H17FN4O3S. The molecule has 0 bridgehead atoms. The number of fused-ring (bicyclic) bond motifs is 1. The van der Waals surface area contributed by atoms with E-state index in [4.69, 9.17) is 0 Å². The molecule has 0 aliphatic carbocycles. The van der Waals surface area contributed by atoms with Crippen molar-refractivity contribution in [3.63, 3.8) is 0 Å². The third kappa shape index (κ3) is 3.87. The molecule has 0 fully saturated rings. The Kier molecular flexibility index (Phi) is 4.96. The number of sulfonamides is 1. The van der Waals surface area contributed by atoms with Crippen LogP contribution in [0, 0.1) is 5.82 Å². The average molecular weight is 424 g/mol. The molecule has 1 heterocycles. The van der Waals surface area contributed by atoms with Gasteiger partial charge < -0.3 is 5.32 Å². The van der Waals surface area contributed by atoms with E-state index in [1.54, 1.807) is 30.3 Å². The molecule has 1 aromatic heterocycles. The minimum atomic E-state index is -3.97. The van der Waals surface area contributed by atoms with Gasteiger partial charge in [0.25, 0.3) is 10.0 Å². The van der Waals surface area contributed by atoms with E-state index in [0.717, 1.165) is 6.07 Å². The number of aromatic nitrogens is 2. The maximum atomic E-state index is 13.4. The van der Waals surface area contributed by atoms with E-state index in [-0.39, 0.29) is 10.8 Å². The number of amides is 1. The maximum Gasteiger partial charge on any atom is 0.261 e. The SMILES string of the molecule is CC(=O)Nc1ccccc1-c1n[nH]c2ccc(NS(=O)(=O)c3cccc(F)c3)cc12. The van der Waals surface area contributed by atoms with Gasteiger partial charge in [0.05, 0.1) is 16.1 Å². The summed E-state index contributed by atoms with van der Waals surface area (Å²) < 4.78 is 41.1. The van der Waals surface area contributed by atoms with Crippen LogP contribution in [0.15, 0.2) is 71.6 Å². The Hall–Kier alpha value is -3.72. The van der Waals surface area contributed by atoms with Crippen LogP contribution in [0.1, 0.15) is 6.92 Å². The molecule has 4 aromatic rings. The van der Waals surface area contributed by atoms with E-state index in [1.165, 1.54) is 25.1 Å². The molecule has 152 valence electrons. The number of halogens is 1. The molecule has 0 radical (unpaired) electrons. The predicted octanol–water partition coefficient (Wildman–Crippen LogP) is 4.13. The van der Waals surface area contributed by atoms with Crippen molar-refractivity contribution in [2.75, 3.05) is 10.0 Å². The lowest BCUT2D eigenvalue weighted by molar-refractivity contribution is -0.114. The highest BCUT2D eigenvalue weighted by atomic mass is 32.2. The van der Waals surface area contributed by atoms with E-state index in [9.17, 15) is 17.6 Å². The summed E-state index contributed by atoms with van der Waals surface area (Å²) in [7, 11) is -3.97. The van der Waals surface area contributed by atoms with E-state index in [1.807, 2.05) is 12.1 Å². The number of benzene rings is 3. The van der Waals surface area contributed by atoms with Gasteiger partial charge in [0.15, 0.2) is 0 Å². The molecule has 9 heteroatoms. The number of hydrogen-bond donors (Lipinski definition) is 3. The second-order valence-electron chi connectivity index (χ2n) is 6.62. The monoisotopic (exact) mass is 424 g/mol. The molecule has 0 aliphatic heterocycles. The van der Waals surface area contributed by atoms with Gasteiger partial charge in [0.1, 0.15) is 11.5 Å². The Morgan fingerprint density at radius 1 is 1.03 bits per heavy atom. The first-order chi connectivity index (χ1) is 14.3. The van der Waals surface area contributed by atoms with E-state index in [0.29, 0.717) is 33.5 Å². The summed E-state index contributed by atoms with van der Waals surface area (Å²) in [6, 6.07) is 16.9. The zero-order valence-electron chi connectivity index (χ0n) is 15.8. The van der Waals surface area contributed by atoms with Crippen molar-refractivity contribution in [1.29, 1.82) is 0 Å². The fourth-order valence-electron chi connectivity index (χ4n) is 3.12. The number of aromatic amines is 1. The fourth-order valence-corrected chi connectivity index (χ4v) is 4.20. The molecule has 30 heavy (non-hydrogen) atoms. The van der Waals surface area contributed by atoms with Crippen LogP contribution in [-0.4, -0.2) is 24.5 Å². The average Bonchev–Trinajstić information content (AvgIpc) is 3.11. The van der Waals surface area contributed by atoms with Crippen molar-refractivity contribution < 1.29 is 17.6 Å². The summed E-state index contributed by atoms with van der Waals surface area (Å²) in [5.41, 5.74) is 2.82. The summed E-state index contributed by atoms with van der Waals surface area (Å²) >= 11 is 0. The second kappa shape index (κ2) is 7.60. The van der Waals surface area contributed by atoms with E-state index >= 15 is 0 Å². The van der Waals surface area contributed by atoms with Gasteiger partial charge in [-0.05, 0) is 42.5 Å². The van der Waals surface area contributed by atoms with Gasteiger partial charge in [-0.3, -0.25) is 14.6 Å². The van der Waals surface area contributed by atoms with Crippen LogP contribution in [0.25, 0.3) is 22.2 Å². The Bertz CT molecular complexity index is 1370. The Labute approximate surface area is 172 Å². The number of anilines is 2. The van der Waals surface area contributed by atoms with Gasteiger partial charge in [-0.15, -0.1) is 0 Å². The zero-order valence-corrected chi connectivity index (χ0v) is 16.6. The van der Waals surface area contributed by atoms with Gasteiger partial charge >= 0.3 is 0 Å². The van der Waals surface area contributed by atoms with Crippen molar-refractivity contribution >= 4 is 38.2 Å². The molecule has 1 amide bonds. The number of hydrogen-bond acceptors (Lipinski definition) is 4. The lowest BCUT2D eigenvalue weighted by atomic mass is 10.1. The molecule has 0 unspecified atom stereocenters. The van der Waals surface area contributed by atoms with Crippen LogP contribution >= 0.6 is 0 Å². The molecule has 3 aromatic carbocycles. The molecular weight excluding hydrogens is 407 g/mol. The zero-order chi connectivity index (χ0) is 21.3. The first-order valence-electron chi connectivity index (χ1n) is 8.97. The number of para-hydroxylation sites is 1. The van der Waals surface area contributed by atoms with Gasteiger partial charge in [-0.1, -0.05) is 24.3 Å². The van der Waals surface area contributed by atoms with Crippen LogP contribution in [-0.2, 0) is 14.8 Å². The third-order valence-corrected chi connectivity index (χ3v) is 5.79. The van der Waals surface area contributed by atoms with Crippen molar-refractivity contribution in [2.45, 2.75) is 11.8 Å². The summed E-state index contributed by atoms with van der Waals surface area (Å²) in [5, 5.41) is 10.7. The van der Waals surface area contributed by atoms with Crippen LogP contribution in [0.4, 0.5) is 15.8 Å². The van der Waals surface area contributed by atoms with Crippen LogP contribution in [0.5, 0.6) is 0 Å². The quantitative estimate of drug-likeness (QED) is 0.448. The minimum absolute atomic E-state index is 0.175. The first-order valence-corrected chi connectivity index (χ1v) is 10.5. The highest BCUT2D eigenvalue weighted by Gasteiger charge is 2.17. The summed E-state index contributed by atoms with van der Waals surface area (Å²) in [6.45, 7) is 1.42. The molecule has 3 N–H and O–H groups in total. The Balaban J connectivity index is 1.75. The van der Waals surface area contributed by atoms with Gasteiger partial charge in [0, 0.05) is 23.6 Å². The van der Waals surface area contributed by atoms with Gasteiger partial charge in [-0.2, -0.15) is 5.10 Å². The standard InChI is InChI=1S/C21H17FN4O3S/c1-13(27)23-19-8-3-2-7-17(19)21-18-12-15(9-10-20(18)24-25-21)26-30(28,29)16-6-4-5-14(22)11-16/h2-12,26H,1H3,(H,23,27)(H,24,25). The van der Waals surface area contributed by atoms with Crippen LogP contribution in [0.2, 0.25) is 0 Å². The number of nitrogens with zero attached hydrogens (tertiary/aromatic N) is 1. The topological polar surface area (TPSA) is 104 Å². The number of carbonyl (C=O) groups excluding carboxylic acids is 1. The van der Waals surface area contributed by atoms with E-state index in [2.05, 4.69) is 20.2 Å². The molecule has 0 atom stereocenters. The Morgan fingerprint density at radius 2 is 1.83 bits per heavy atom. The fraction of sp³-hybridized carbons (Fsp3) is 0.0476. The summed E-state index contributed by atoms with van der Waals surface area (Å²) in [4.78, 5) is 11.4. The molecule has 0 saturated carbocycles. The number of rotatable bonds is 5. The van der Waals surface area contributed by atoms with Crippen LogP contribution in [0.3, 0.4) is 0 Å².